The van der Waals surface area contributed by atoms with Crippen LogP contribution in [0.1, 0.15) is 5.56 Å². The first kappa shape index (κ1) is 13.4. The summed E-state index contributed by atoms with van der Waals surface area (Å²) in [7, 11) is 0. The standard InChI is InChI=1S/C13H11ClFIN2/c14-9-3-1-2-8(4-9)7-18-13-5-10(15)11(16)6-12(13)17/h1-6,18H,7,17H2. The van der Waals surface area contributed by atoms with Crippen molar-refractivity contribution >= 4 is 45.6 Å². The van der Waals surface area contributed by atoms with Crippen LogP contribution in [0.4, 0.5) is 15.8 Å². The van der Waals surface area contributed by atoms with E-state index in [4.69, 9.17) is 17.3 Å². The minimum Gasteiger partial charge on any atom is -0.397 e. The SMILES string of the molecule is Nc1cc(I)c(F)cc1NCc1cccc(Cl)c1. The second kappa shape index (κ2) is 5.75. The van der Waals surface area contributed by atoms with Gasteiger partial charge < -0.3 is 11.1 Å². The highest BCUT2D eigenvalue weighted by atomic mass is 127. The second-order valence-electron chi connectivity index (χ2n) is 3.84. The number of halogens is 3. The fraction of sp³-hybridized carbons (Fsp3) is 0.0769. The van der Waals surface area contributed by atoms with Crippen molar-refractivity contribution in [3.05, 3.63) is 56.4 Å². The zero-order chi connectivity index (χ0) is 13.1. The van der Waals surface area contributed by atoms with Gasteiger partial charge in [0.05, 0.1) is 14.9 Å². The van der Waals surface area contributed by atoms with E-state index in [1.807, 2.05) is 46.9 Å². The molecule has 0 saturated carbocycles. The number of hydrogen-bond acceptors (Lipinski definition) is 2. The molecule has 2 aromatic carbocycles. The lowest BCUT2D eigenvalue weighted by molar-refractivity contribution is 0.621. The Kier molecular flexibility index (Phi) is 4.29. The summed E-state index contributed by atoms with van der Waals surface area (Å²) >= 11 is 7.80. The van der Waals surface area contributed by atoms with E-state index >= 15 is 0 Å². The van der Waals surface area contributed by atoms with Gasteiger partial charge in [0.15, 0.2) is 0 Å². The van der Waals surface area contributed by atoms with E-state index in [2.05, 4.69) is 5.32 Å². The molecule has 0 saturated heterocycles. The molecule has 0 aliphatic carbocycles. The molecule has 0 bridgehead atoms. The van der Waals surface area contributed by atoms with Crippen molar-refractivity contribution in [3.8, 4) is 0 Å². The van der Waals surface area contributed by atoms with Crippen LogP contribution < -0.4 is 11.1 Å². The molecule has 0 aliphatic rings. The molecular weight excluding hydrogens is 366 g/mol. The van der Waals surface area contributed by atoms with E-state index in [1.54, 1.807) is 6.07 Å². The number of benzene rings is 2. The Morgan fingerprint density at radius 3 is 2.78 bits per heavy atom. The predicted octanol–water partition coefficient (Wildman–Crippen LogP) is 4.28. The Morgan fingerprint density at radius 2 is 2.06 bits per heavy atom. The first-order valence-corrected chi connectivity index (χ1v) is 6.75. The van der Waals surface area contributed by atoms with Gasteiger partial charge in [-0.3, -0.25) is 0 Å². The van der Waals surface area contributed by atoms with Gasteiger partial charge in [0.2, 0.25) is 0 Å². The highest BCUT2D eigenvalue weighted by Gasteiger charge is 2.05. The van der Waals surface area contributed by atoms with Crippen LogP contribution in [0.5, 0.6) is 0 Å². The van der Waals surface area contributed by atoms with Crippen molar-refractivity contribution in [2.45, 2.75) is 6.54 Å². The molecule has 5 heteroatoms. The van der Waals surface area contributed by atoms with Gasteiger partial charge in [0.25, 0.3) is 0 Å². The molecule has 0 spiro atoms. The molecule has 0 aromatic heterocycles. The smallest absolute Gasteiger partial charge is 0.138 e. The van der Waals surface area contributed by atoms with Crippen LogP contribution in [-0.2, 0) is 6.54 Å². The summed E-state index contributed by atoms with van der Waals surface area (Å²) in [4.78, 5) is 0. The summed E-state index contributed by atoms with van der Waals surface area (Å²) in [5.41, 5.74) is 7.96. The lowest BCUT2D eigenvalue weighted by atomic mass is 10.2. The Hall–Kier alpha value is -1.01. The van der Waals surface area contributed by atoms with Crippen LogP contribution in [0.3, 0.4) is 0 Å². The molecule has 0 atom stereocenters. The third-order valence-electron chi connectivity index (χ3n) is 2.46. The summed E-state index contributed by atoms with van der Waals surface area (Å²) in [6.45, 7) is 0.546. The van der Waals surface area contributed by atoms with Crippen LogP contribution in [0.2, 0.25) is 5.02 Å². The summed E-state index contributed by atoms with van der Waals surface area (Å²) < 4.78 is 13.9. The molecule has 0 fully saturated rings. The van der Waals surface area contributed by atoms with E-state index in [0.717, 1.165) is 5.56 Å². The van der Waals surface area contributed by atoms with Crippen molar-refractivity contribution in [1.29, 1.82) is 0 Å². The Balaban J connectivity index is 2.13. The molecule has 2 rings (SSSR count). The first-order chi connectivity index (χ1) is 8.56. The maximum Gasteiger partial charge on any atom is 0.138 e. The predicted molar refractivity (Wildman–Crippen MR) is 82.3 cm³/mol. The maximum atomic E-state index is 13.4. The van der Waals surface area contributed by atoms with Gasteiger partial charge in [-0.15, -0.1) is 0 Å². The average Bonchev–Trinajstić information content (AvgIpc) is 2.32. The molecule has 0 aliphatic heterocycles. The highest BCUT2D eigenvalue weighted by molar-refractivity contribution is 14.1. The highest BCUT2D eigenvalue weighted by Crippen LogP contribution is 2.24. The molecule has 3 N–H and O–H groups in total. The molecule has 18 heavy (non-hydrogen) atoms. The van der Waals surface area contributed by atoms with Gasteiger partial charge in [-0.05, 0) is 46.4 Å². The largest absolute Gasteiger partial charge is 0.397 e. The van der Waals surface area contributed by atoms with Crippen molar-refractivity contribution in [2.75, 3.05) is 11.1 Å². The number of rotatable bonds is 3. The first-order valence-electron chi connectivity index (χ1n) is 5.29. The molecule has 2 nitrogen and oxygen atoms in total. The third kappa shape index (κ3) is 3.26. The molecule has 0 heterocycles. The second-order valence-corrected chi connectivity index (χ2v) is 5.44. The van der Waals surface area contributed by atoms with Crippen molar-refractivity contribution in [1.82, 2.24) is 0 Å². The zero-order valence-electron chi connectivity index (χ0n) is 9.38. The molecule has 94 valence electrons. The van der Waals surface area contributed by atoms with E-state index in [-0.39, 0.29) is 5.82 Å². The summed E-state index contributed by atoms with van der Waals surface area (Å²) in [5, 5.41) is 3.77. The number of nitrogens with one attached hydrogen (secondary N) is 1. The van der Waals surface area contributed by atoms with Crippen molar-refractivity contribution in [2.24, 2.45) is 0 Å². The monoisotopic (exact) mass is 376 g/mol. The van der Waals surface area contributed by atoms with E-state index in [9.17, 15) is 4.39 Å². The van der Waals surface area contributed by atoms with Crippen LogP contribution in [0, 0.1) is 9.39 Å². The van der Waals surface area contributed by atoms with Crippen molar-refractivity contribution < 1.29 is 4.39 Å². The van der Waals surface area contributed by atoms with Gasteiger partial charge in [-0.25, -0.2) is 4.39 Å². The fourth-order valence-electron chi connectivity index (χ4n) is 1.56. The molecule has 2 aromatic rings. The number of anilines is 2. The van der Waals surface area contributed by atoms with Gasteiger partial charge in [-0.1, -0.05) is 23.7 Å². The quantitative estimate of drug-likeness (QED) is 0.620. The van der Waals surface area contributed by atoms with Crippen LogP contribution >= 0.6 is 34.2 Å². The zero-order valence-corrected chi connectivity index (χ0v) is 12.3. The molecule has 0 amide bonds. The van der Waals surface area contributed by atoms with E-state index in [0.29, 0.717) is 26.5 Å². The fourth-order valence-corrected chi connectivity index (χ4v) is 2.26. The minimum absolute atomic E-state index is 0.279. The summed E-state index contributed by atoms with van der Waals surface area (Å²) in [6, 6.07) is 10.5. The van der Waals surface area contributed by atoms with Crippen LogP contribution in [0.15, 0.2) is 36.4 Å². The van der Waals surface area contributed by atoms with Crippen LogP contribution in [0.25, 0.3) is 0 Å². The van der Waals surface area contributed by atoms with Gasteiger partial charge in [0, 0.05) is 17.6 Å². The molecule has 0 unspecified atom stereocenters. The molecular formula is C13H11ClFIN2. The third-order valence-corrected chi connectivity index (χ3v) is 3.53. The lowest BCUT2D eigenvalue weighted by Gasteiger charge is -2.10. The van der Waals surface area contributed by atoms with E-state index < -0.39 is 0 Å². The average molecular weight is 377 g/mol. The van der Waals surface area contributed by atoms with Crippen molar-refractivity contribution in [3.63, 3.8) is 0 Å². The van der Waals surface area contributed by atoms with Gasteiger partial charge in [0.1, 0.15) is 5.82 Å². The minimum atomic E-state index is -0.279. The Labute approximate surface area is 123 Å². The summed E-state index contributed by atoms with van der Waals surface area (Å²) in [5.74, 6) is -0.279. The van der Waals surface area contributed by atoms with Gasteiger partial charge >= 0.3 is 0 Å². The van der Waals surface area contributed by atoms with E-state index in [1.165, 1.54) is 6.07 Å². The lowest BCUT2D eigenvalue weighted by Crippen LogP contribution is -2.03. The Bertz CT molecular complexity index is 575. The van der Waals surface area contributed by atoms with Gasteiger partial charge in [-0.2, -0.15) is 0 Å². The maximum absolute atomic E-state index is 13.4. The van der Waals surface area contributed by atoms with Crippen LogP contribution in [-0.4, -0.2) is 0 Å². The normalized spacial score (nSPS) is 10.4. The Morgan fingerprint density at radius 1 is 1.28 bits per heavy atom. The number of nitrogen functional groups attached to an aromatic ring is 1. The summed E-state index contributed by atoms with van der Waals surface area (Å²) in [6.07, 6.45) is 0. The number of nitrogens with two attached hydrogens (primary N) is 1. The number of hydrogen-bond donors (Lipinski definition) is 2. The topological polar surface area (TPSA) is 38.0 Å². The molecule has 0 radical (unpaired) electrons.